The van der Waals surface area contributed by atoms with Crippen LogP contribution < -0.4 is 4.72 Å². The number of hydrogen-bond donors (Lipinski definition) is 1. The molecule has 0 saturated heterocycles. The molecule has 0 amide bonds. The number of carbonyl (C=O) groups is 1. The van der Waals surface area contributed by atoms with Crippen molar-refractivity contribution in [2.45, 2.75) is 18.7 Å². The topological polar surface area (TPSA) is 63.2 Å². The predicted octanol–water partition coefficient (Wildman–Crippen LogP) is 1.74. The summed E-state index contributed by atoms with van der Waals surface area (Å²) in [5, 5.41) is 0. The van der Waals surface area contributed by atoms with Crippen molar-refractivity contribution in [2.75, 3.05) is 6.54 Å². The lowest BCUT2D eigenvalue weighted by atomic mass is 10.2. The largest absolute Gasteiger partial charge is 0.295 e. The fourth-order valence-corrected chi connectivity index (χ4v) is 2.27. The van der Waals surface area contributed by atoms with E-state index in [9.17, 15) is 13.2 Å². The third-order valence-corrected chi connectivity index (χ3v) is 3.55. The second-order valence-electron chi connectivity index (χ2n) is 3.86. The summed E-state index contributed by atoms with van der Waals surface area (Å²) in [6.45, 7) is 6.99. The van der Waals surface area contributed by atoms with Gasteiger partial charge in [0.25, 0.3) is 0 Å². The van der Waals surface area contributed by atoms with E-state index in [1.54, 1.807) is 6.92 Å². The number of ketones is 1. The SMILES string of the molecule is C=C(C)CNS(=O)(=O)c1ccc(C(C)=O)cc1. The van der Waals surface area contributed by atoms with Gasteiger partial charge in [-0.2, -0.15) is 0 Å². The summed E-state index contributed by atoms with van der Waals surface area (Å²) in [6.07, 6.45) is 0. The summed E-state index contributed by atoms with van der Waals surface area (Å²) in [5.74, 6) is -0.0937. The van der Waals surface area contributed by atoms with Crippen molar-refractivity contribution in [2.24, 2.45) is 0 Å². The van der Waals surface area contributed by atoms with Crippen molar-refractivity contribution >= 4 is 15.8 Å². The molecule has 0 atom stereocenters. The molecule has 0 aliphatic carbocycles. The van der Waals surface area contributed by atoms with E-state index >= 15 is 0 Å². The standard InChI is InChI=1S/C12H15NO3S/c1-9(2)8-13-17(15,16)12-6-4-11(5-7-12)10(3)14/h4-7,13H,1,8H2,2-3H3. The smallest absolute Gasteiger partial charge is 0.240 e. The normalized spacial score (nSPS) is 11.2. The number of rotatable bonds is 5. The monoisotopic (exact) mass is 253 g/mol. The molecular formula is C12H15NO3S. The second-order valence-corrected chi connectivity index (χ2v) is 5.63. The third kappa shape index (κ3) is 3.80. The van der Waals surface area contributed by atoms with Crippen LogP contribution in [-0.2, 0) is 10.0 Å². The summed E-state index contributed by atoms with van der Waals surface area (Å²) < 4.78 is 26.0. The number of sulfonamides is 1. The maximum absolute atomic E-state index is 11.8. The molecule has 0 saturated carbocycles. The summed E-state index contributed by atoms with van der Waals surface area (Å²) in [5.41, 5.74) is 1.22. The van der Waals surface area contributed by atoms with Gasteiger partial charge in [0.2, 0.25) is 10.0 Å². The minimum absolute atomic E-state index is 0.0937. The van der Waals surface area contributed by atoms with Crippen LogP contribution in [0.1, 0.15) is 24.2 Å². The van der Waals surface area contributed by atoms with Crippen LogP contribution in [0.25, 0.3) is 0 Å². The average molecular weight is 253 g/mol. The van der Waals surface area contributed by atoms with Crippen molar-refractivity contribution in [3.8, 4) is 0 Å². The Bertz CT molecular complexity index is 529. The molecule has 4 nitrogen and oxygen atoms in total. The van der Waals surface area contributed by atoms with E-state index in [1.165, 1.54) is 31.2 Å². The van der Waals surface area contributed by atoms with E-state index in [-0.39, 0.29) is 17.2 Å². The molecule has 0 unspecified atom stereocenters. The highest BCUT2D eigenvalue weighted by Gasteiger charge is 2.13. The van der Waals surface area contributed by atoms with E-state index in [2.05, 4.69) is 11.3 Å². The first-order valence-corrected chi connectivity index (χ1v) is 6.56. The first-order chi connectivity index (χ1) is 7.83. The maximum atomic E-state index is 11.8. The molecule has 0 heterocycles. The van der Waals surface area contributed by atoms with E-state index in [0.29, 0.717) is 5.56 Å². The van der Waals surface area contributed by atoms with Gasteiger partial charge in [0.1, 0.15) is 0 Å². The molecule has 0 aliphatic rings. The Labute approximate surface area is 101 Å². The molecule has 0 spiro atoms. The molecule has 1 aromatic rings. The van der Waals surface area contributed by atoms with Gasteiger partial charge in [0.15, 0.2) is 5.78 Å². The Morgan fingerprint density at radius 1 is 1.24 bits per heavy atom. The summed E-state index contributed by atoms with van der Waals surface area (Å²) in [7, 11) is -3.52. The van der Waals surface area contributed by atoms with Crippen LogP contribution in [0.4, 0.5) is 0 Å². The van der Waals surface area contributed by atoms with Gasteiger partial charge in [-0.05, 0) is 26.0 Å². The van der Waals surface area contributed by atoms with Crippen LogP contribution in [0.5, 0.6) is 0 Å². The van der Waals surface area contributed by atoms with Gasteiger partial charge in [-0.15, -0.1) is 0 Å². The van der Waals surface area contributed by atoms with Gasteiger partial charge in [0, 0.05) is 12.1 Å². The van der Waals surface area contributed by atoms with Crippen LogP contribution in [0.15, 0.2) is 41.3 Å². The minimum atomic E-state index is -3.52. The Kier molecular flexibility index (Phi) is 4.20. The van der Waals surface area contributed by atoms with Gasteiger partial charge in [-0.25, -0.2) is 13.1 Å². The van der Waals surface area contributed by atoms with Crippen molar-refractivity contribution in [3.63, 3.8) is 0 Å². The molecule has 17 heavy (non-hydrogen) atoms. The first-order valence-electron chi connectivity index (χ1n) is 5.08. The highest BCUT2D eigenvalue weighted by molar-refractivity contribution is 7.89. The second kappa shape index (κ2) is 5.25. The van der Waals surface area contributed by atoms with Gasteiger partial charge in [-0.3, -0.25) is 4.79 Å². The molecule has 0 aromatic heterocycles. The Morgan fingerprint density at radius 3 is 2.18 bits per heavy atom. The van der Waals surface area contributed by atoms with Crippen molar-refractivity contribution in [1.82, 2.24) is 4.72 Å². The zero-order valence-corrected chi connectivity index (χ0v) is 10.7. The van der Waals surface area contributed by atoms with Crippen LogP contribution in [0.3, 0.4) is 0 Å². The molecule has 1 N–H and O–H groups in total. The molecular weight excluding hydrogens is 238 g/mol. The van der Waals surface area contributed by atoms with Crippen molar-refractivity contribution < 1.29 is 13.2 Å². The average Bonchev–Trinajstić information content (AvgIpc) is 2.27. The first kappa shape index (κ1) is 13.6. The Morgan fingerprint density at radius 2 is 1.76 bits per heavy atom. The minimum Gasteiger partial charge on any atom is -0.295 e. The third-order valence-electron chi connectivity index (χ3n) is 2.14. The van der Waals surface area contributed by atoms with Crippen LogP contribution in [0, 0.1) is 0 Å². The van der Waals surface area contributed by atoms with E-state index in [0.717, 1.165) is 5.57 Å². The van der Waals surface area contributed by atoms with E-state index in [4.69, 9.17) is 0 Å². The Balaban J connectivity index is 2.92. The van der Waals surface area contributed by atoms with Crippen LogP contribution in [0.2, 0.25) is 0 Å². The molecule has 0 radical (unpaired) electrons. The molecule has 5 heteroatoms. The van der Waals surface area contributed by atoms with Crippen molar-refractivity contribution in [1.29, 1.82) is 0 Å². The van der Waals surface area contributed by atoms with Gasteiger partial charge in [-0.1, -0.05) is 24.3 Å². The zero-order chi connectivity index (χ0) is 13.1. The predicted molar refractivity (Wildman–Crippen MR) is 66.4 cm³/mol. The number of nitrogens with one attached hydrogen (secondary N) is 1. The highest BCUT2D eigenvalue weighted by Crippen LogP contribution is 2.11. The number of benzene rings is 1. The summed E-state index contributed by atoms with van der Waals surface area (Å²) >= 11 is 0. The molecule has 1 aromatic carbocycles. The number of Topliss-reactive ketones (excluding diaryl/α,β-unsaturated/α-hetero) is 1. The van der Waals surface area contributed by atoms with Gasteiger partial charge < -0.3 is 0 Å². The summed E-state index contributed by atoms with van der Waals surface area (Å²) in [6, 6.07) is 5.82. The molecule has 0 aliphatic heterocycles. The van der Waals surface area contributed by atoms with E-state index in [1.807, 2.05) is 0 Å². The quantitative estimate of drug-likeness (QED) is 0.642. The van der Waals surface area contributed by atoms with E-state index < -0.39 is 10.0 Å². The maximum Gasteiger partial charge on any atom is 0.240 e. The van der Waals surface area contributed by atoms with Crippen LogP contribution >= 0.6 is 0 Å². The van der Waals surface area contributed by atoms with Gasteiger partial charge in [0.05, 0.1) is 4.90 Å². The van der Waals surface area contributed by atoms with Crippen molar-refractivity contribution in [3.05, 3.63) is 42.0 Å². The lowest BCUT2D eigenvalue weighted by Crippen LogP contribution is -2.25. The molecule has 0 fully saturated rings. The lowest BCUT2D eigenvalue weighted by Gasteiger charge is -2.06. The number of hydrogen-bond acceptors (Lipinski definition) is 3. The fourth-order valence-electron chi connectivity index (χ4n) is 1.17. The zero-order valence-electron chi connectivity index (χ0n) is 9.86. The Hall–Kier alpha value is -1.46. The van der Waals surface area contributed by atoms with Gasteiger partial charge >= 0.3 is 0 Å². The number of carbonyl (C=O) groups excluding carboxylic acids is 1. The van der Waals surface area contributed by atoms with Crippen LogP contribution in [-0.4, -0.2) is 20.7 Å². The molecule has 92 valence electrons. The molecule has 0 bridgehead atoms. The lowest BCUT2D eigenvalue weighted by molar-refractivity contribution is 0.101. The molecule has 1 rings (SSSR count). The summed E-state index contributed by atoms with van der Waals surface area (Å²) in [4.78, 5) is 11.2. The fraction of sp³-hybridized carbons (Fsp3) is 0.250. The highest BCUT2D eigenvalue weighted by atomic mass is 32.2.